The zero-order chi connectivity index (χ0) is 58.2. The highest BCUT2D eigenvalue weighted by atomic mass is 32.1. The summed E-state index contributed by atoms with van der Waals surface area (Å²) < 4.78 is 27.5. The quantitative estimate of drug-likeness (QED) is 0.0397. The van der Waals surface area contributed by atoms with Crippen molar-refractivity contribution < 1.29 is 47.1 Å². The minimum Gasteiger partial charge on any atom is -0.347 e. The van der Waals surface area contributed by atoms with Crippen LogP contribution in [0.5, 0.6) is 0 Å². The van der Waals surface area contributed by atoms with Crippen molar-refractivity contribution in [3.8, 4) is 0 Å². The predicted octanol–water partition coefficient (Wildman–Crippen LogP) is 7.89. The number of thiazole rings is 2. The van der Waals surface area contributed by atoms with E-state index in [9.17, 15) is 47.1 Å². The van der Waals surface area contributed by atoms with Crippen LogP contribution in [-0.4, -0.2) is 124 Å². The van der Waals surface area contributed by atoms with E-state index in [1.54, 1.807) is 72.8 Å². The molecule has 21 heteroatoms. The normalized spacial score (nSPS) is 21.8. The number of likely N-dealkylation sites (tertiary alicyclic amines) is 2. The molecular formula is C61H70F2N9O8S2+. The number of carbonyl (C=O) groups excluding carboxylic acids is 8. The average molecular weight is 1160 g/mol. The Bertz CT molecular complexity index is 3130. The first kappa shape index (κ1) is 59.6. The van der Waals surface area contributed by atoms with Crippen molar-refractivity contribution in [1.82, 2.24) is 46.4 Å². The molecule has 4 heterocycles. The van der Waals surface area contributed by atoms with Crippen molar-refractivity contribution in [2.45, 2.75) is 140 Å². The molecule has 5 aliphatic rings. The summed E-state index contributed by atoms with van der Waals surface area (Å²) in [5.41, 5.74) is 1.25. The van der Waals surface area contributed by atoms with Gasteiger partial charge >= 0.3 is 5.78 Å². The summed E-state index contributed by atoms with van der Waals surface area (Å²) in [5.74, 6) is -4.32. The molecule has 3 aliphatic carbocycles. The number of rotatable bonds is 21. The predicted molar refractivity (Wildman–Crippen MR) is 306 cm³/mol. The zero-order valence-electron chi connectivity index (χ0n) is 46.5. The fourth-order valence-corrected chi connectivity index (χ4v) is 13.7. The van der Waals surface area contributed by atoms with E-state index < -0.39 is 71.4 Å². The second kappa shape index (κ2) is 26.9. The number of ketones is 3. The van der Waals surface area contributed by atoms with Gasteiger partial charge in [0.25, 0.3) is 5.91 Å². The van der Waals surface area contributed by atoms with Gasteiger partial charge in [-0.1, -0.05) is 50.7 Å². The number of Topliss-reactive ketones (excluding diaryl/α,β-unsaturated/α-hetero) is 2. The van der Waals surface area contributed by atoms with E-state index >= 15 is 0 Å². The van der Waals surface area contributed by atoms with Crippen molar-refractivity contribution in [1.29, 1.82) is 0 Å². The molecule has 82 heavy (non-hydrogen) atoms. The first-order valence-electron chi connectivity index (χ1n) is 28.4. The lowest BCUT2D eigenvalue weighted by Crippen LogP contribution is -2.56. The highest BCUT2D eigenvalue weighted by Gasteiger charge is 2.46. The number of carbonyl (C=O) groups is 8. The molecule has 4 aromatic rings. The Hall–Kier alpha value is -7.03. The number of hydrogen-bond donors (Lipinski definition) is 5. The highest BCUT2D eigenvalue weighted by Crippen LogP contribution is 2.42. The SMILES string of the molecule is CN[C@@H](C)C(=O)N[C@H](C(=O)N1C[C@@H](CC(=O)c2ccc(C(=O)N[C@H]3C[C@@H](c4nc(C(=O)c5ccc(F)cc5)cs4)N(C(=O)[C@@H](NC(=O)[C@H](C)NC)C4CCCCC4)C3)cc2)C[C@H]1c1nc(C(=O)C2=[C+]C=C(F)C=C2)cs1)C1CCCCC1. The molecular weight excluding hydrogens is 1090 g/mol. The van der Waals surface area contributed by atoms with Crippen LogP contribution in [0.15, 0.2) is 88.9 Å². The van der Waals surface area contributed by atoms with Crippen LogP contribution >= 0.6 is 22.7 Å². The monoisotopic (exact) mass is 1160 g/mol. The number of amides is 5. The lowest BCUT2D eigenvalue weighted by atomic mass is 9.83. The standard InChI is InChI=1S/C61H69F2N9O8S2/c1-34(64-3)55(76)69-51(38-11-7-5-8-12-38)60(79)71-30-36(27-48(71)58-67-46(32-81-58)53(74)40-19-23-43(62)24-20-40)28-50(73)37-15-17-42(18-16-37)57(78)66-45-29-49(59-68-47(33-82-59)54(75)41-21-25-44(63)26-22-41)72(31-45)61(80)52(39-13-9-6-10-14-39)70-56(77)35(2)65-4/h15-19,21-26,32-36,38-39,45,48-49,51-52,64-65H,5-14,27-31H2,1-4H3,(H2-,66,69,70,76,77,78)/p+1/t34-,35-,36+,45-,48-,49-,51-,52-/m0/s1. The van der Waals surface area contributed by atoms with Crippen molar-refractivity contribution >= 4 is 69.6 Å². The Balaban J connectivity index is 0.915. The van der Waals surface area contributed by atoms with Gasteiger partial charge in [-0.25, -0.2) is 19.2 Å². The molecule has 4 fully saturated rings. The van der Waals surface area contributed by atoms with E-state index in [-0.39, 0.29) is 101 Å². The fourth-order valence-electron chi connectivity index (χ4n) is 11.8. The lowest BCUT2D eigenvalue weighted by Gasteiger charge is -2.35. The minimum absolute atomic E-state index is 0.0439. The summed E-state index contributed by atoms with van der Waals surface area (Å²) in [5, 5.41) is 19.3. The van der Waals surface area contributed by atoms with Crippen molar-refractivity contribution in [2.75, 3.05) is 27.2 Å². The number of allylic oxidation sites excluding steroid dienone is 6. The highest BCUT2D eigenvalue weighted by molar-refractivity contribution is 7.10. The first-order chi connectivity index (χ1) is 39.5. The van der Waals surface area contributed by atoms with Crippen LogP contribution in [0.2, 0.25) is 0 Å². The molecule has 2 aromatic carbocycles. The van der Waals surface area contributed by atoms with Crippen LogP contribution in [0.3, 0.4) is 0 Å². The summed E-state index contributed by atoms with van der Waals surface area (Å²) in [4.78, 5) is 125. The molecule has 2 aromatic heterocycles. The van der Waals surface area contributed by atoms with Gasteiger partial charge in [-0.2, -0.15) is 0 Å². The van der Waals surface area contributed by atoms with Crippen LogP contribution in [0, 0.1) is 29.6 Å². The number of nitrogens with one attached hydrogen (secondary N) is 5. The van der Waals surface area contributed by atoms with Crippen LogP contribution in [0.1, 0.15) is 167 Å². The summed E-state index contributed by atoms with van der Waals surface area (Å²) in [6.45, 7) is 3.71. The second-order valence-electron chi connectivity index (χ2n) is 22.2. The molecule has 2 saturated heterocycles. The van der Waals surface area contributed by atoms with Gasteiger partial charge in [0, 0.05) is 65.2 Å². The Morgan fingerprint density at radius 1 is 0.634 bits per heavy atom. The van der Waals surface area contributed by atoms with Crippen LogP contribution < -0.4 is 26.6 Å². The van der Waals surface area contributed by atoms with Gasteiger partial charge in [0.2, 0.25) is 35.2 Å². The van der Waals surface area contributed by atoms with Crippen molar-refractivity contribution in [3.05, 3.63) is 139 Å². The summed E-state index contributed by atoms with van der Waals surface area (Å²) in [6.07, 6.45) is 15.7. The van der Waals surface area contributed by atoms with Gasteiger partial charge in [0.1, 0.15) is 39.7 Å². The van der Waals surface area contributed by atoms with E-state index in [1.165, 1.54) is 59.1 Å². The van der Waals surface area contributed by atoms with Crippen LogP contribution in [0.4, 0.5) is 8.78 Å². The summed E-state index contributed by atoms with van der Waals surface area (Å²) in [7, 11) is 3.34. The maximum absolute atomic E-state index is 15.0. The van der Waals surface area contributed by atoms with Crippen LogP contribution in [-0.2, 0) is 19.2 Å². The molecule has 0 unspecified atom stereocenters. The van der Waals surface area contributed by atoms with E-state index in [0.29, 0.717) is 22.0 Å². The molecule has 0 bridgehead atoms. The maximum Gasteiger partial charge on any atom is 0.302 e. The Labute approximate surface area is 484 Å². The maximum atomic E-state index is 15.0. The molecule has 0 spiro atoms. The van der Waals surface area contributed by atoms with Gasteiger partial charge in [0.05, 0.1) is 30.2 Å². The molecule has 5 N–H and O–H groups in total. The number of hydrogen-bond acceptors (Lipinski definition) is 14. The number of nitrogens with zero attached hydrogens (tertiary/aromatic N) is 4. The number of benzene rings is 2. The van der Waals surface area contributed by atoms with E-state index in [0.717, 1.165) is 70.3 Å². The third-order valence-corrected chi connectivity index (χ3v) is 18.7. The average Bonchev–Trinajstić information content (AvgIpc) is 4.35. The van der Waals surface area contributed by atoms with E-state index in [1.807, 2.05) is 0 Å². The molecule has 2 aliphatic heterocycles. The molecule has 8 atom stereocenters. The van der Waals surface area contributed by atoms with Gasteiger partial charge in [0.15, 0.2) is 17.1 Å². The largest absolute Gasteiger partial charge is 0.347 e. The van der Waals surface area contributed by atoms with Gasteiger partial charge in [-0.3, -0.25) is 33.6 Å². The van der Waals surface area contributed by atoms with Crippen molar-refractivity contribution in [3.63, 3.8) is 0 Å². The Kier molecular flexibility index (Phi) is 19.6. The topological polar surface area (TPSA) is 229 Å². The molecule has 5 amide bonds. The molecule has 9 rings (SSSR count). The van der Waals surface area contributed by atoms with E-state index in [4.69, 9.17) is 9.97 Å². The van der Waals surface area contributed by atoms with Gasteiger partial charge < -0.3 is 36.4 Å². The number of halogens is 2. The molecule has 2 saturated carbocycles. The van der Waals surface area contributed by atoms with Gasteiger partial charge in [-0.15, -0.1) is 27.1 Å². The van der Waals surface area contributed by atoms with Crippen molar-refractivity contribution in [2.24, 2.45) is 17.8 Å². The number of likely N-dealkylation sites (N-methyl/N-ethyl adjacent to an activating group) is 2. The Morgan fingerprint density at radius 3 is 1.66 bits per heavy atom. The lowest BCUT2D eigenvalue weighted by molar-refractivity contribution is -0.139. The minimum atomic E-state index is -0.841. The summed E-state index contributed by atoms with van der Waals surface area (Å²) >= 11 is 2.42. The Morgan fingerprint density at radius 2 is 1.13 bits per heavy atom. The third kappa shape index (κ3) is 13.9. The van der Waals surface area contributed by atoms with Gasteiger partial charge in [-0.05, 0) is 121 Å². The third-order valence-electron chi connectivity index (χ3n) is 16.8. The molecule has 17 nitrogen and oxygen atoms in total. The smallest absolute Gasteiger partial charge is 0.302 e. The van der Waals surface area contributed by atoms with E-state index in [2.05, 4.69) is 32.7 Å². The van der Waals surface area contributed by atoms with Crippen LogP contribution in [0.25, 0.3) is 0 Å². The number of aromatic nitrogens is 2. The first-order valence-corrected chi connectivity index (χ1v) is 30.2. The fraction of sp³-hybridized carbons (Fsp3) is 0.475. The second-order valence-corrected chi connectivity index (χ2v) is 24.0. The summed E-state index contributed by atoms with van der Waals surface area (Å²) in [6, 6.07) is 6.83. The zero-order valence-corrected chi connectivity index (χ0v) is 48.1. The molecule has 0 radical (unpaired) electrons. The molecule has 432 valence electrons.